The maximum Gasteiger partial charge on any atom is 0.282 e. The molecule has 3 aliphatic carbocycles. The van der Waals surface area contributed by atoms with Crippen LogP contribution in [-0.4, -0.2) is 65.1 Å². The molecule has 216 valence electrons. The van der Waals surface area contributed by atoms with Gasteiger partial charge in [0.15, 0.2) is 5.78 Å². The number of aromatic nitrogens is 7. The maximum atomic E-state index is 14.4. The fraction of sp³-hybridized carbons (Fsp3) is 0.357. The lowest BCUT2D eigenvalue weighted by molar-refractivity contribution is 0.0732. The number of fused-ring (bicyclic) bond motifs is 2. The van der Waals surface area contributed by atoms with E-state index in [1.807, 2.05) is 6.08 Å². The minimum atomic E-state index is -4.04. The highest BCUT2D eigenvalue weighted by Gasteiger charge is 2.54. The van der Waals surface area contributed by atoms with Crippen molar-refractivity contribution in [1.82, 2.24) is 38.8 Å². The standard InChI is InChI=1S/C28H26F2N8O3S/c1-36-16-33-27(35-36)42(40,41)38(20-4-5-20)21-3-2-18-10-24-17(14-34-37(24)22-6-7-25(30)32-15-22)12-28(18,13-21)26(39)23-11-19(29)8-9-31-23/h6-11,14-16,20-21H,2-5,12-13H2,1H3/t21-,28-/m0/s1. The summed E-state index contributed by atoms with van der Waals surface area (Å²) in [6.07, 6.45) is 10.2. The third-order valence-corrected chi connectivity index (χ3v) is 10.1. The molecule has 4 heterocycles. The Bertz CT molecular complexity index is 1850. The number of halogens is 2. The van der Waals surface area contributed by atoms with Crippen LogP contribution in [0.4, 0.5) is 8.78 Å². The first-order chi connectivity index (χ1) is 20.2. The molecular formula is C28H26F2N8O3S. The van der Waals surface area contributed by atoms with Gasteiger partial charge in [0.1, 0.15) is 17.8 Å². The van der Waals surface area contributed by atoms with Gasteiger partial charge >= 0.3 is 0 Å². The third-order valence-electron chi connectivity index (χ3n) is 8.33. The summed E-state index contributed by atoms with van der Waals surface area (Å²) in [6.45, 7) is 0. The largest absolute Gasteiger partial charge is 0.291 e. The zero-order valence-corrected chi connectivity index (χ0v) is 23.4. The lowest BCUT2D eigenvalue weighted by Gasteiger charge is -2.46. The van der Waals surface area contributed by atoms with Crippen LogP contribution < -0.4 is 0 Å². The Kier molecular flexibility index (Phi) is 6.17. The van der Waals surface area contributed by atoms with Crippen molar-refractivity contribution in [3.8, 4) is 5.69 Å². The van der Waals surface area contributed by atoms with Crippen LogP contribution in [0.2, 0.25) is 0 Å². The first-order valence-corrected chi connectivity index (χ1v) is 15.1. The monoisotopic (exact) mass is 592 g/mol. The summed E-state index contributed by atoms with van der Waals surface area (Å²) >= 11 is 0. The van der Waals surface area contributed by atoms with Crippen LogP contribution in [-0.2, 0) is 23.5 Å². The highest BCUT2D eigenvalue weighted by molar-refractivity contribution is 7.89. The van der Waals surface area contributed by atoms with Crippen molar-refractivity contribution in [3.63, 3.8) is 0 Å². The van der Waals surface area contributed by atoms with Crippen LogP contribution in [0.5, 0.6) is 0 Å². The summed E-state index contributed by atoms with van der Waals surface area (Å²) < 4.78 is 59.9. The SMILES string of the molecule is Cn1cnc(S(=O)(=O)N(C2CC2)[C@H]2CCC3=Cc4c(cnn4-c4ccc(F)nc4)C[C@]3(C(=O)c3cc(F)ccn3)C2)n1. The molecule has 2 atom stereocenters. The van der Waals surface area contributed by atoms with Gasteiger partial charge in [-0.25, -0.2) is 27.5 Å². The zero-order chi connectivity index (χ0) is 29.2. The molecule has 0 amide bonds. The molecule has 0 bridgehead atoms. The molecule has 3 aliphatic rings. The number of carbonyl (C=O) groups excluding carboxylic acids is 1. The van der Waals surface area contributed by atoms with E-state index >= 15 is 0 Å². The second kappa shape index (κ2) is 9.70. The van der Waals surface area contributed by atoms with Gasteiger partial charge in [0, 0.05) is 31.4 Å². The minimum absolute atomic E-state index is 0.0210. The number of ketones is 1. The van der Waals surface area contributed by atoms with Crippen molar-refractivity contribution < 1.29 is 22.0 Å². The Balaban J connectivity index is 1.32. The van der Waals surface area contributed by atoms with Crippen LogP contribution in [0.15, 0.2) is 59.9 Å². The van der Waals surface area contributed by atoms with Gasteiger partial charge in [-0.3, -0.25) is 14.5 Å². The summed E-state index contributed by atoms with van der Waals surface area (Å²) in [4.78, 5) is 26.3. The van der Waals surface area contributed by atoms with E-state index in [1.54, 1.807) is 24.0 Å². The van der Waals surface area contributed by atoms with Gasteiger partial charge in [0.05, 0.1) is 29.2 Å². The molecule has 11 nitrogen and oxygen atoms in total. The molecule has 0 aliphatic heterocycles. The Morgan fingerprint density at radius 2 is 1.90 bits per heavy atom. The molecule has 14 heteroatoms. The van der Waals surface area contributed by atoms with E-state index in [0.717, 1.165) is 22.9 Å². The molecule has 0 unspecified atom stereocenters. The Morgan fingerprint density at radius 3 is 2.60 bits per heavy atom. The topological polar surface area (TPSA) is 129 Å². The Hall–Kier alpha value is -4.17. The van der Waals surface area contributed by atoms with E-state index in [1.165, 1.54) is 39.8 Å². The fourth-order valence-corrected chi connectivity index (χ4v) is 8.10. The van der Waals surface area contributed by atoms with Crippen LogP contribution in [0.1, 0.15) is 53.8 Å². The maximum absolute atomic E-state index is 14.4. The number of carbonyl (C=O) groups is 1. The molecule has 42 heavy (non-hydrogen) atoms. The van der Waals surface area contributed by atoms with Gasteiger partial charge in [-0.05, 0) is 68.4 Å². The van der Waals surface area contributed by atoms with Gasteiger partial charge in [-0.2, -0.15) is 13.8 Å². The number of sulfonamides is 1. The first-order valence-electron chi connectivity index (χ1n) is 13.6. The summed E-state index contributed by atoms with van der Waals surface area (Å²) in [5, 5.41) is 8.30. The Morgan fingerprint density at radius 1 is 1.07 bits per heavy atom. The van der Waals surface area contributed by atoms with E-state index in [0.29, 0.717) is 31.4 Å². The molecule has 0 saturated heterocycles. The number of hydrogen-bond donors (Lipinski definition) is 0. The lowest BCUT2D eigenvalue weighted by Crippen LogP contribution is -2.51. The quantitative estimate of drug-likeness (QED) is 0.236. The van der Waals surface area contributed by atoms with Crippen LogP contribution in [0, 0.1) is 17.2 Å². The van der Waals surface area contributed by atoms with E-state index in [2.05, 4.69) is 25.1 Å². The lowest BCUT2D eigenvalue weighted by atomic mass is 9.60. The molecule has 4 aromatic rings. The van der Waals surface area contributed by atoms with E-state index < -0.39 is 33.2 Å². The molecule has 0 spiro atoms. The number of hydrogen-bond acceptors (Lipinski definition) is 8. The average molecular weight is 593 g/mol. The molecular weight excluding hydrogens is 566 g/mol. The van der Waals surface area contributed by atoms with Crippen LogP contribution >= 0.6 is 0 Å². The zero-order valence-electron chi connectivity index (χ0n) is 22.6. The second-order valence-corrected chi connectivity index (χ2v) is 12.8. The molecule has 4 aromatic heterocycles. The second-order valence-electron chi connectivity index (χ2n) is 11.1. The van der Waals surface area contributed by atoms with Crippen molar-refractivity contribution in [2.75, 3.05) is 0 Å². The number of Topliss-reactive ketones (excluding diaryl/α,β-unsaturated/α-hetero) is 1. The van der Waals surface area contributed by atoms with Crippen molar-refractivity contribution in [1.29, 1.82) is 0 Å². The van der Waals surface area contributed by atoms with Crippen molar-refractivity contribution >= 4 is 21.9 Å². The normalized spacial score (nSPS) is 22.0. The van der Waals surface area contributed by atoms with E-state index in [-0.39, 0.29) is 35.5 Å². The molecule has 7 rings (SSSR count). The molecule has 0 radical (unpaired) electrons. The smallest absolute Gasteiger partial charge is 0.282 e. The molecule has 0 N–H and O–H groups in total. The van der Waals surface area contributed by atoms with Gasteiger partial charge in [-0.1, -0.05) is 5.57 Å². The summed E-state index contributed by atoms with van der Waals surface area (Å²) in [5.74, 6) is -1.57. The highest BCUT2D eigenvalue weighted by Crippen LogP contribution is 2.52. The van der Waals surface area contributed by atoms with Gasteiger partial charge in [-0.15, -0.1) is 5.10 Å². The van der Waals surface area contributed by atoms with Gasteiger partial charge < -0.3 is 0 Å². The first kappa shape index (κ1) is 26.7. The minimum Gasteiger partial charge on any atom is -0.291 e. The predicted molar refractivity (Wildman–Crippen MR) is 145 cm³/mol. The number of aryl methyl sites for hydroxylation is 1. The number of allylic oxidation sites excluding steroid dienone is 1. The summed E-state index contributed by atoms with van der Waals surface area (Å²) in [5.41, 5.74) is 1.64. The molecule has 2 saturated carbocycles. The Labute approximate surface area is 240 Å². The number of nitrogens with zero attached hydrogens (tertiary/aromatic N) is 8. The van der Waals surface area contributed by atoms with Crippen LogP contribution in [0.25, 0.3) is 11.8 Å². The highest BCUT2D eigenvalue weighted by atomic mass is 32.2. The van der Waals surface area contributed by atoms with Gasteiger partial charge in [0.25, 0.3) is 15.2 Å². The average Bonchev–Trinajstić information content (AvgIpc) is 3.55. The van der Waals surface area contributed by atoms with Crippen molar-refractivity contribution in [3.05, 3.63) is 83.5 Å². The third kappa shape index (κ3) is 4.36. The molecule has 0 aromatic carbocycles. The van der Waals surface area contributed by atoms with Crippen LogP contribution in [0.3, 0.4) is 0 Å². The number of pyridine rings is 2. The number of rotatable bonds is 7. The van der Waals surface area contributed by atoms with Crippen molar-refractivity contribution in [2.45, 2.75) is 55.8 Å². The fourth-order valence-electron chi connectivity index (χ4n) is 6.33. The molecule has 2 fully saturated rings. The van der Waals surface area contributed by atoms with Gasteiger partial charge in [0.2, 0.25) is 5.95 Å². The predicted octanol–water partition coefficient (Wildman–Crippen LogP) is 3.28. The summed E-state index contributed by atoms with van der Waals surface area (Å²) in [6, 6.07) is 4.39. The van der Waals surface area contributed by atoms with E-state index in [4.69, 9.17) is 0 Å². The summed E-state index contributed by atoms with van der Waals surface area (Å²) in [7, 11) is -2.44. The van der Waals surface area contributed by atoms with E-state index in [9.17, 15) is 22.0 Å². The van der Waals surface area contributed by atoms with Crippen molar-refractivity contribution in [2.24, 2.45) is 12.5 Å².